The van der Waals surface area contributed by atoms with Crippen LogP contribution in [0.2, 0.25) is 0 Å². The Morgan fingerprint density at radius 1 is 0.681 bits per heavy atom. The van der Waals surface area contributed by atoms with Crippen LogP contribution in [-0.2, 0) is 47.9 Å². The molecule has 1 aliphatic rings. The molecule has 13 heteroatoms. The van der Waals surface area contributed by atoms with Crippen LogP contribution < -0.4 is 16.1 Å². The van der Waals surface area contributed by atoms with E-state index >= 15 is 0 Å². The minimum atomic E-state index is -0.669. The summed E-state index contributed by atoms with van der Waals surface area (Å²) in [6, 6.07) is 18.0. The van der Waals surface area contributed by atoms with Crippen molar-refractivity contribution in [1.29, 1.82) is 0 Å². The molecule has 0 saturated carbocycles. The van der Waals surface area contributed by atoms with Gasteiger partial charge >= 0.3 is 12.1 Å². The van der Waals surface area contributed by atoms with Gasteiger partial charge in [0.25, 0.3) is 5.91 Å². The number of hydrogen-bond acceptors (Lipinski definition) is 8. The number of amides is 5. The van der Waals surface area contributed by atoms with E-state index < -0.39 is 12.0 Å². The molecular weight excluding hydrogens is 606 g/mol. The van der Waals surface area contributed by atoms with E-state index in [1.54, 1.807) is 12.0 Å². The zero-order valence-electron chi connectivity index (χ0n) is 27.4. The third kappa shape index (κ3) is 15.8. The third-order valence-corrected chi connectivity index (χ3v) is 7.51. The fourth-order valence-electron chi connectivity index (χ4n) is 4.86. The van der Waals surface area contributed by atoms with Gasteiger partial charge in [-0.25, -0.2) is 9.59 Å². The predicted octanol–water partition coefficient (Wildman–Crippen LogP) is 2.48. The molecule has 0 bridgehead atoms. The highest BCUT2D eigenvalue weighted by Gasteiger charge is 2.25. The number of carbonyl (C=O) groups is 4. The van der Waals surface area contributed by atoms with Gasteiger partial charge in [-0.1, -0.05) is 54.6 Å². The highest BCUT2D eigenvalue weighted by Crippen LogP contribution is 2.11. The van der Waals surface area contributed by atoms with E-state index in [4.69, 9.17) is 19.0 Å². The summed E-state index contributed by atoms with van der Waals surface area (Å²) in [4.78, 5) is 57.3. The molecule has 0 aliphatic carbocycles. The van der Waals surface area contributed by atoms with Crippen molar-refractivity contribution in [2.24, 2.45) is 0 Å². The summed E-state index contributed by atoms with van der Waals surface area (Å²) in [5.74, 6) is -0.545. The molecule has 3 rings (SSSR count). The predicted molar refractivity (Wildman–Crippen MR) is 176 cm³/mol. The van der Waals surface area contributed by atoms with Crippen molar-refractivity contribution in [3.63, 3.8) is 0 Å². The number of methoxy groups -OCH3 is 1. The Morgan fingerprint density at radius 2 is 1.26 bits per heavy atom. The number of benzene rings is 2. The second-order valence-electron chi connectivity index (χ2n) is 11.1. The zero-order valence-corrected chi connectivity index (χ0v) is 27.4. The number of ether oxygens (including phenoxy) is 3. The number of carbonyl (C=O) groups excluding carboxylic acids is 4. The Morgan fingerprint density at radius 3 is 1.94 bits per heavy atom. The van der Waals surface area contributed by atoms with Gasteiger partial charge in [0.05, 0.1) is 39.5 Å². The third-order valence-electron chi connectivity index (χ3n) is 7.51. The number of hydrogen-bond donors (Lipinski definition) is 3. The van der Waals surface area contributed by atoms with Crippen LogP contribution in [0, 0.1) is 0 Å². The standard InChI is InChI=1S/C34H49N5O8/c1-44-23-24-46-26-25-45-22-17-36-33(42)35-16-15-32(41)38-18-20-39(21-19-38)34(43)47-37-31(40)27-30-13-11-29(12-14-30)10-6-5-9-28-7-3-2-4-8-28/h2-4,7-8,11-14H,5-6,9-10,15-27H2,1H3,(H,37,40)(H2,35,36,42). The minimum absolute atomic E-state index is 0.0921. The number of hydroxylamine groups is 1. The summed E-state index contributed by atoms with van der Waals surface area (Å²) in [5.41, 5.74) is 5.64. The maximum atomic E-state index is 12.5. The van der Waals surface area contributed by atoms with E-state index in [0.29, 0.717) is 52.7 Å². The molecule has 3 N–H and O–H groups in total. The van der Waals surface area contributed by atoms with Crippen LogP contribution in [0.25, 0.3) is 0 Å². The first-order chi connectivity index (χ1) is 22.9. The van der Waals surface area contributed by atoms with Gasteiger partial charge in [0.2, 0.25) is 5.91 Å². The molecule has 0 atom stereocenters. The van der Waals surface area contributed by atoms with Crippen LogP contribution in [0.5, 0.6) is 0 Å². The number of unbranched alkanes of at least 4 members (excludes halogenated alkanes) is 1. The highest BCUT2D eigenvalue weighted by molar-refractivity contribution is 5.80. The topological polar surface area (TPSA) is 148 Å². The van der Waals surface area contributed by atoms with Crippen LogP contribution in [0.4, 0.5) is 9.59 Å². The lowest BCUT2D eigenvalue weighted by Gasteiger charge is -2.33. The molecule has 1 fully saturated rings. The van der Waals surface area contributed by atoms with Gasteiger partial charge in [-0.15, -0.1) is 0 Å². The molecule has 1 aliphatic heterocycles. The number of rotatable bonds is 19. The highest BCUT2D eigenvalue weighted by atomic mass is 16.7. The van der Waals surface area contributed by atoms with Crippen molar-refractivity contribution in [3.8, 4) is 0 Å². The molecule has 47 heavy (non-hydrogen) atoms. The van der Waals surface area contributed by atoms with E-state index in [-0.39, 0.29) is 44.4 Å². The summed E-state index contributed by atoms with van der Waals surface area (Å²) < 4.78 is 15.5. The second-order valence-corrected chi connectivity index (χ2v) is 11.1. The van der Waals surface area contributed by atoms with Crippen LogP contribution in [0.15, 0.2) is 54.6 Å². The van der Waals surface area contributed by atoms with Crippen molar-refractivity contribution in [3.05, 3.63) is 71.3 Å². The lowest BCUT2D eigenvalue weighted by molar-refractivity contribution is -0.133. The van der Waals surface area contributed by atoms with E-state index in [1.165, 1.54) is 16.0 Å². The van der Waals surface area contributed by atoms with Crippen LogP contribution in [0.3, 0.4) is 0 Å². The number of piperazine rings is 1. The minimum Gasteiger partial charge on any atom is -0.382 e. The number of aryl methyl sites for hydroxylation is 2. The normalized spacial score (nSPS) is 12.8. The van der Waals surface area contributed by atoms with Gasteiger partial charge in [-0.3, -0.25) is 9.59 Å². The molecule has 13 nitrogen and oxygen atoms in total. The fourth-order valence-corrected chi connectivity index (χ4v) is 4.86. The van der Waals surface area contributed by atoms with Gasteiger partial charge in [0.15, 0.2) is 0 Å². The van der Waals surface area contributed by atoms with E-state index in [0.717, 1.165) is 31.2 Å². The van der Waals surface area contributed by atoms with Gasteiger partial charge in [0, 0.05) is 52.8 Å². The van der Waals surface area contributed by atoms with Crippen LogP contribution in [-0.4, -0.2) is 113 Å². The molecule has 5 amide bonds. The molecule has 0 radical (unpaired) electrons. The van der Waals surface area contributed by atoms with Crippen molar-refractivity contribution >= 4 is 23.9 Å². The average molecular weight is 656 g/mol. The quantitative estimate of drug-likeness (QED) is 0.155. The maximum absolute atomic E-state index is 12.5. The summed E-state index contributed by atoms with van der Waals surface area (Å²) in [6.07, 6.45) is 3.82. The van der Waals surface area contributed by atoms with E-state index in [2.05, 4.69) is 40.4 Å². The van der Waals surface area contributed by atoms with Gasteiger partial charge < -0.3 is 39.5 Å². The zero-order chi connectivity index (χ0) is 33.5. The van der Waals surface area contributed by atoms with Crippen molar-refractivity contribution < 1.29 is 38.2 Å². The fraction of sp³-hybridized carbons (Fsp3) is 0.529. The maximum Gasteiger partial charge on any atom is 0.434 e. The van der Waals surface area contributed by atoms with Crippen molar-refractivity contribution in [2.75, 3.05) is 79.4 Å². The smallest absolute Gasteiger partial charge is 0.382 e. The Hall–Kier alpha value is -4.20. The molecule has 2 aromatic carbocycles. The SMILES string of the molecule is COCCOCCOCCNC(=O)NCCC(=O)N1CCN(C(=O)ONC(=O)Cc2ccc(CCCCc3ccccc3)cc2)CC1. The molecule has 2 aromatic rings. The van der Waals surface area contributed by atoms with Crippen LogP contribution >= 0.6 is 0 Å². The first kappa shape index (κ1) is 37.3. The summed E-state index contributed by atoms with van der Waals surface area (Å²) in [5, 5.41) is 5.32. The average Bonchev–Trinajstić information content (AvgIpc) is 3.09. The molecule has 0 aromatic heterocycles. The summed E-state index contributed by atoms with van der Waals surface area (Å²) in [7, 11) is 1.61. The van der Waals surface area contributed by atoms with E-state index in [1.807, 2.05) is 30.3 Å². The van der Waals surface area contributed by atoms with Crippen LogP contribution in [0.1, 0.15) is 36.0 Å². The largest absolute Gasteiger partial charge is 0.434 e. The number of nitrogens with one attached hydrogen (secondary N) is 3. The van der Waals surface area contributed by atoms with Gasteiger partial charge in [0.1, 0.15) is 0 Å². The summed E-state index contributed by atoms with van der Waals surface area (Å²) in [6.45, 7) is 4.00. The second kappa shape index (κ2) is 22.3. The Balaban J connectivity index is 1.19. The first-order valence-electron chi connectivity index (χ1n) is 16.2. The lowest BCUT2D eigenvalue weighted by Crippen LogP contribution is -2.52. The first-order valence-corrected chi connectivity index (χ1v) is 16.2. The van der Waals surface area contributed by atoms with Crippen molar-refractivity contribution in [1.82, 2.24) is 25.9 Å². The molecule has 0 unspecified atom stereocenters. The lowest BCUT2D eigenvalue weighted by atomic mass is 10.0. The molecular formula is C34H49N5O8. The van der Waals surface area contributed by atoms with Crippen molar-refractivity contribution in [2.45, 2.75) is 38.5 Å². The van der Waals surface area contributed by atoms with E-state index in [9.17, 15) is 19.2 Å². The molecule has 0 spiro atoms. The molecule has 1 heterocycles. The Kier molecular flexibility index (Phi) is 17.7. The van der Waals surface area contributed by atoms with Gasteiger partial charge in [-0.05, 0) is 42.4 Å². The monoisotopic (exact) mass is 655 g/mol. The molecule has 258 valence electrons. The Labute approximate surface area is 277 Å². The Bertz CT molecular complexity index is 1210. The van der Waals surface area contributed by atoms with Gasteiger partial charge in [-0.2, -0.15) is 5.48 Å². The number of urea groups is 1. The number of nitrogens with zero attached hydrogens (tertiary/aromatic N) is 2. The summed E-state index contributed by atoms with van der Waals surface area (Å²) >= 11 is 0. The molecule has 1 saturated heterocycles.